The highest BCUT2D eigenvalue weighted by atomic mass is 32.1. The zero-order chi connectivity index (χ0) is 34.9. The molecule has 0 saturated carbocycles. The molecule has 2 aliphatic heterocycles. The number of aromatic nitrogens is 4. The summed E-state index contributed by atoms with van der Waals surface area (Å²) in [4.78, 5) is 58.8. The minimum absolute atomic E-state index is 0. The van der Waals surface area contributed by atoms with E-state index in [0.717, 1.165) is 94.6 Å². The van der Waals surface area contributed by atoms with Gasteiger partial charge in [0, 0.05) is 19.0 Å². The third-order valence-electron chi connectivity index (χ3n) is 10.5. The lowest BCUT2D eigenvalue weighted by Gasteiger charge is -2.27. The molecule has 3 amide bonds. The van der Waals surface area contributed by atoms with Crippen LogP contribution in [0.1, 0.15) is 83.0 Å². The van der Waals surface area contributed by atoms with Crippen molar-refractivity contribution in [3.63, 3.8) is 0 Å². The first kappa shape index (κ1) is 44.6. The van der Waals surface area contributed by atoms with Crippen LogP contribution in [0.25, 0.3) is 44.3 Å². The van der Waals surface area contributed by atoms with Crippen LogP contribution in [-0.2, 0) is 14.3 Å². The lowest BCUT2D eigenvalue weighted by Crippen LogP contribution is -2.48. The number of carbonyl (C=O) groups is 3. The number of imidazole rings is 2. The third-order valence-corrected chi connectivity index (χ3v) is 10.5. The highest BCUT2D eigenvalue weighted by Gasteiger charge is 2.36. The van der Waals surface area contributed by atoms with Gasteiger partial charge in [0.05, 0.1) is 41.3 Å². The van der Waals surface area contributed by atoms with Gasteiger partial charge in [0.25, 0.3) is 0 Å². The van der Waals surface area contributed by atoms with E-state index in [1.807, 2.05) is 29.7 Å². The van der Waals surface area contributed by atoms with Gasteiger partial charge < -0.3 is 29.8 Å². The molecule has 5 aromatic rings. The highest BCUT2D eigenvalue weighted by Crippen LogP contribution is 2.36. The van der Waals surface area contributed by atoms with Crippen LogP contribution in [-0.4, -0.2) is 73.9 Å². The van der Waals surface area contributed by atoms with Crippen molar-refractivity contribution in [2.75, 3.05) is 20.2 Å². The van der Waals surface area contributed by atoms with Gasteiger partial charge in [0.1, 0.15) is 17.7 Å². The number of likely N-dealkylation sites (tertiary alicyclic amines) is 2. The normalized spacial score (nSPS) is 17.5. The number of rotatable bonds is 9. The second kappa shape index (κ2) is 19.2. The van der Waals surface area contributed by atoms with Gasteiger partial charge >= 0.3 is 6.09 Å². The Morgan fingerprint density at radius 1 is 0.722 bits per heavy atom. The molecule has 2 aromatic heterocycles. The van der Waals surface area contributed by atoms with Gasteiger partial charge in [-0.1, -0.05) is 57.2 Å². The number of H-pyrrole nitrogens is 2. The number of hydrogen-bond donors (Lipinski definition) is 3. The van der Waals surface area contributed by atoms with E-state index >= 15 is 0 Å². The van der Waals surface area contributed by atoms with Crippen LogP contribution in [0.3, 0.4) is 0 Å². The molecule has 2 fully saturated rings. The Kier molecular flexibility index (Phi) is 15.8. The largest absolute Gasteiger partial charge is 0.453 e. The van der Waals surface area contributed by atoms with Crippen molar-refractivity contribution in [1.29, 1.82) is 0 Å². The number of fused-ring (bicyclic) bond motifs is 2. The van der Waals surface area contributed by atoms with Crippen molar-refractivity contribution in [2.24, 2.45) is 5.92 Å². The molecule has 15 heteroatoms. The summed E-state index contributed by atoms with van der Waals surface area (Å²) in [5.74, 6) is 1.74. The van der Waals surface area contributed by atoms with Crippen LogP contribution in [0.2, 0.25) is 0 Å². The Hall–Kier alpha value is -3.79. The lowest BCUT2D eigenvalue weighted by atomic mass is 10.00. The molecule has 11 nitrogen and oxygen atoms in total. The van der Waals surface area contributed by atoms with E-state index in [1.165, 1.54) is 7.11 Å². The average molecular weight is 812 g/mol. The van der Waals surface area contributed by atoms with Gasteiger partial charge in [0.15, 0.2) is 0 Å². The van der Waals surface area contributed by atoms with Crippen molar-refractivity contribution in [1.82, 2.24) is 35.1 Å². The molecule has 0 spiro atoms. The first-order chi connectivity index (χ1) is 24.3. The fraction of sp³-hybridized carbons (Fsp3) is 0.410. The van der Waals surface area contributed by atoms with Gasteiger partial charge in [-0.2, -0.15) is 54.0 Å². The number of aromatic amines is 2. The molecule has 292 valence electrons. The molecule has 0 bridgehead atoms. The number of benzene rings is 3. The van der Waals surface area contributed by atoms with E-state index in [9.17, 15) is 14.4 Å². The Morgan fingerprint density at radius 3 is 1.59 bits per heavy atom. The van der Waals surface area contributed by atoms with Crippen LogP contribution < -0.4 is 5.32 Å². The van der Waals surface area contributed by atoms with Crippen molar-refractivity contribution in [2.45, 2.75) is 77.4 Å². The van der Waals surface area contributed by atoms with Crippen LogP contribution in [0.15, 0.2) is 60.7 Å². The summed E-state index contributed by atoms with van der Waals surface area (Å²) in [6.45, 7) is 7.34. The zero-order valence-corrected chi connectivity index (χ0v) is 35.2. The first-order valence-electron chi connectivity index (χ1n) is 17.8. The number of nitrogens with zero attached hydrogens (tertiary/aromatic N) is 4. The molecular formula is C39H53N7O4S4. The number of ether oxygens (including phenoxy) is 1. The van der Waals surface area contributed by atoms with Gasteiger partial charge in [0.2, 0.25) is 11.8 Å². The van der Waals surface area contributed by atoms with E-state index in [-0.39, 0.29) is 83.8 Å². The minimum atomic E-state index is -0.643. The molecule has 7 rings (SSSR count). The average Bonchev–Trinajstić information content (AvgIpc) is 3.97. The van der Waals surface area contributed by atoms with Crippen LogP contribution in [0.5, 0.6) is 0 Å². The number of alkyl carbamates (subject to hydrolysis) is 1. The van der Waals surface area contributed by atoms with E-state index < -0.39 is 12.1 Å². The maximum Gasteiger partial charge on any atom is 0.407 e. The van der Waals surface area contributed by atoms with Crippen molar-refractivity contribution in [3.05, 3.63) is 72.3 Å². The fourth-order valence-corrected chi connectivity index (χ4v) is 7.42. The van der Waals surface area contributed by atoms with Gasteiger partial charge in [-0.15, -0.1) is 0 Å². The second-order valence-electron chi connectivity index (χ2n) is 13.6. The monoisotopic (exact) mass is 811 g/mol. The number of nitrogens with one attached hydrogen (secondary N) is 3. The summed E-state index contributed by atoms with van der Waals surface area (Å²) in [5.41, 5.74) is 7.97. The molecule has 54 heavy (non-hydrogen) atoms. The standard InChI is InChI=1S/C39H45N7O4.4H2S/c1-5-23(3)37(47)45-19-7-9-33(45)35-40-29-17-15-26(21-31(29)42-35)24-11-13-25(14-12-24)27-16-18-30-32(22-27)43-36(41-30)34-10-8-20-46(34)38(48)28(6-2)44-39(49)50-4;;;;/h11-18,21-23,28,33-34H,5-10,19-20H2,1-4H3,(H,40,42)(H,41,43)(H,44,49);4*1H2/t23-,28-,33-,34-;;;;/m0..../s1. The first-order valence-corrected chi connectivity index (χ1v) is 17.8. The van der Waals surface area contributed by atoms with Gasteiger partial charge in [-0.05, 0) is 85.0 Å². The maximum atomic E-state index is 13.4. The Morgan fingerprint density at radius 2 is 1.17 bits per heavy atom. The number of amides is 3. The van der Waals surface area contributed by atoms with E-state index in [4.69, 9.17) is 14.7 Å². The molecule has 2 aliphatic rings. The van der Waals surface area contributed by atoms with E-state index in [2.05, 4.69) is 76.8 Å². The molecule has 4 atom stereocenters. The van der Waals surface area contributed by atoms with Crippen LogP contribution in [0.4, 0.5) is 4.79 Å². The predicted molar refractivity (Wildman–Crippen MR) is 235 cm³/mol. The molecule has 4 heterocycles. The molecular weight excluding hydrogens is 759 g/mol. The fourth-order valence-electron chi connectivity index (χ4n) is 7.42. The molecule has 0 unspecified atom stereocenters. The molecule has 2 saturated heterocycles. The topological polar surface area (TPSA) is 136 Å². The van der Waals surface area contributed by atoms with Gasteiger partial charge in [-0.25, -0.2) is 14.8 Å². The minimum Gasteiger partial charge on any atom is -0.453 e. The zero-order valence-electron chi connectivity index (χ0n) is 31.2. The Balaban J connectivity index is 0.00000196. The summed E-state index contributed by atoms with van der Waals surface area (Å²) >= 11 is 0. The van der Waals surface area contributed by atoms with Crippen LogP contribution in [0, 0.1) is 5.92 Å². The smallest absolute Gasteiger partial charge is 0.407 e. The lowest BCUT2D eigenvalue weighted by molar-refractivity contribution is -0.136. The second-order valence-corrected chi connectivity index (χ2v) is 13.6. The molecule has 3 N–H and O–H groups in total. The van der Waals surface area contributed by atoms with Crippen LogP contribution >= 0.6 is 54.0 Å². The van der Waals surface area contributed by atoms with E-state index in [0.29, 0.717) is 13.0 Å². The van der Waals surface area contributed by atoms with Gasteiger partial charge in [-0.3, -0.25) is 9.59 Å². The quantitative estimate of drug-likeness (QED) is 0.140. The van der Waals surface area contributed by atoms with Crippen molar-refractivity contribution in [3.8, 4) is 22.3 Å². The highest BCUT2D eigenvalue weighted by molar-refractivity contribution is 7.59. The number of hydrogen-bond acceptors (Lipinski definition) is 6. The Labute approximate surface area is 344 Å². The summed E-state index contributed by atoms with van der Waals surface area (Å²) in [6, 6.07) is 20.2. The summed E-state index contributed by atoms with van der Waals surface area (Å²) < 4.78 is 4.72. The predicted octanol–water partition coefficient (Wildman–Crippen LogP) is 7.73. The molecule has 0 radical (unpaired) electrons. The summed E-state index contributed by atoms with van der Waals surface area (Å²) in [5, 5.41) is 2.66. The molecule has 3 aromatic carbocycles. The molecule has 0 aliphatic carbocycles. The number of carbonyl (C=O) groups excluding carboxylic acids is 3. The summed E-state index contributed by atoms with van der Waals surface area (Å²) in [7, 11) is 1.29. The van der Waals surface area contributed by atoms with E-state index in [1.54, 1.807) is 0 Å². The summed E-state index contributed by atoms with van der Waals surface area (Å²) in [6.07, 6.45) is 4.29. The van der Waals surface area contributed by atoms with Crippen molar-refractivity contribution < 1.29 is 19.1 Å². The van der Waals surface area contributed by atoms with Crippen molar-refractivity contribution >= 4 is 94.0 Å². The maximum absolute atomic E-state index is 13.4. The third kappa shape index (κ3) is 8.85. The number of methoxy groups -OCH3 is 1. The Bertz CT molecular complexity index is 2050. The SMILES string of the molecule is CC[C@H](NC(=O)OC)C(=O)N1CCC[C@H]1c1nc2ccc(-c3ccc(-c4ccc5nc([C@@H]6CCCN6C(=O)[C@@H](C)CC)[nH]c5c4)cc3)cc2[nH]1.S.S.S.S.